The quantitative estimate of drug-likeness (QED) is 0.309. The van der Waals surface area contributed by atoms with Gasteiger partial charge in [0.15, 0.2) is 6.73 Å². The minimum Gasteiger partial charge on any atom is -0.473 e. The molecular weight excluding hydrogens is 385 g/mol. The summed E-state index contributed by atoms with van der Waals surface area (Å²) >= 11 is 12.4. The fourth-order valence-electron chi connectivity index (χ4n) is 3.54. The number of nitrogens with zero attached hydrogens (tertiary/aromatic N) is 1. The summed E-state index contributed by atoms with van der Waals surface area (Å²) in [7, 11) is 0. The number of benzene rings is 3. The van der Waals surface area contributed by atoms with Crippen molar-refractivity contribution in [2.75, 3.05) is 11.6 Å². The topological polar surface area (TPSA) is 42.7 Å². The van der Waals surface area contributed by atoms with E-state index in [0.717, 1.165) is 22.0 Å². The molecule has 0 fully saturated rings. The average molecular weight is 398 g/mol. The molecule has 0 spiro atoms. The molecule has 134 valence electrons. The van der Waals surface area contributed by atoms with Crippen LogP contribution in [0.1, 0.15) is 5.56 Å². The maximum absolute atomic E-state index is 12.5. The Labute approximate surface area is 164 Å². The molecule has 4 nitrogen and oxygen atoms in total. The van der Waals surface area contributed by atoms with E-state index in [4.69, 9.17) is 32.4 Å². The number of ether oxygens (including phenoxy) is 1. The van der Waals surface area contributed by atoms with E-state index < -0.39 is 0 Å². The Hall–Kier alpha value is -2.69. The lowest BCUT2D eigenvalue weighted by Crippen LogP contribution is -2.32. The van der Waals surface area contributed by atoms with Crippen molar-refractivity contribution < 1.29 is 9.15 Å². The Kier molecular flexibility index (Phi) is 3.78. The Bertz CT molecular complexity index is 1270. The summed E-state index contributed by atoms with van der Waals surface area (Å²) in [5.74, 6) is 0.710. The molecule has 0 aliphatic carbocycles. The highest BCUT2D eigenvalue weighted by molar-refractivity contribution is 6.36. The molecule has 2 heterocycles. The normalized spacial score (nSPS) is 13.6. The third-order valence-corrected chi connectivity index (χ3v) is 5.36. The maximum atomic E-state index is 12.5. The standard InChI is InChI=1S/C21H13Cl2NO3/c22-12-5-7-18(17(23)9-12)24-10-16-19(26-11-24)8-6-14-13-3-1-2-4-15(13)21(25)27-20(14)16/h1-9H,10-11H2. The zero-order valence-electron chi connectivity index (χ0n) is 14.0. The van der Waals surface area contributed by atoms with Crippen molar-refractivity contribution in [1.82, 2.24) is 0 Å². The van der Waals surface area contributed by atoms with Crippen molar-refractivity contribution in [2.24, 2.45) is 0 Å². The van der Waals surface area contributed by atoms with Crippen LogP contribution in [0.5, 0.6) is 5.75 Å². The van der Waals surface area contributed by atoms with Crippen LogP contribution in [0.15, 0.2) is 63.8 Å². The third kappa shape index (κ3) is 2.64. The second kappa shape index (κ2) is 6.19. The minimum atomic E-state index is -0.354. The molecule has 3 aromatic carbocycles. The van der Waals surface area contributed by atoms with E-state index in [2.05, 4.69) is 0 Å². The molecule has 1 aliphatic heterocycles. The summed E-state index contributed by atoms with van der Waals surface area (Å²) in [5.41, 5.74) is 1.83. The van der Waals surface area contributed by atoms with Crippen LogP contribution in [-0.4, -0.2) is 6.73 Å². The summed E-state index contributed by atoms with van der Waals surface area (Å²) in [6, 6.07) is 16.6. The molecule has 1 aromatic heterocycles. The molecule has 27 heavy (non-hydrogen) atoms. The molecular formula is C21H13Cl2NO3. The number of halogens is 2. The lowest BCUT2D eigenvalue weighted by molar-refractivity contribution is 0.289. The molecule has 0 saturated heterocycles. The van der Waals surface area contributed by atoms with Gasteiger partial charge < -0.3 is 14.1 Å². The van der Waals surface area contributed by atoms with Gasteiger partial charge in [-0.25, -0.2) is 4.79 Å². The zero-order valence-corrected chi connectivity index (χ0v) is 15.6. The number of rotatable bonds is 1. The number of anilines is 1. The van der Waals surface area contributed by atoms with E-state index in [-0.39, 0.29) is 5.63 Å². The fraction of sp³-hybridized carbons (Fsp3) is 0.0952. The second-order valence-corrected chi connectivity index (χ2v) is 7.26. The summed E-state index contributed by atoms with van der Waals surface area (Å²) in [5, 5.41) is 3.44. The number of hydrogen-bond donors (Lipinski definition) is 0. The van der Waals surface area contributed by atoms with Crippen LogP contribution in [0, 0.1) is 0 Å². The Morgan fingerprint density at radius 2 is 1.74 bits per heavy atom. The van der Waals surface area contributed by atoms with Gasteiger partial charge in [0.1, 0.15) is 11.3 Å². The number of fused-ring (bicyclic) bond motifs is 5. The highest BCUT2D eigenvalue weighted by atomic mass is 35.5. The van der Waals surface area contributed by atoms with E-state index in [0.29, 0.717) is 40.0 Å². The molecule has 0 atom stereocenters. The van der Waals surface area contributed by atoms with Crippen molar-refractivity contribution in [1.29, 1.82) is 0 Å². The van der Waals surface area contributed by atoms with Crippen LogP contribution in [0.2, 0.25) is 10.0 Å². The highest BCUT2D eigenvalue weighted by Crippen LogP contribution is 2.38. The molecule has 5 rings (SSSR count). The van der Waals surface area contributed by atoms with Gasteiger partial charge in [-0.05, 0) is 41.8 Å². The summed E-state index contributed by atoms with van der Waals surface area (Å²) in [6.07, 6.45) is 0. The number of hydrogen-bond acceptors (Lipinski definition) is 4. The molecule has 4 aromatic rings. The van der Waals surface area contributed by atoms with Gasteiger partial charge in [0.25, 0.3) is 0 Å². The molecule has 0 bridgehead atoms. The first-order chi connectivity index (χ1) is 13.1. The summed E-state index contributed by atoms with van der Waals surface area (Å²) in [4.78, 5) is 14.4. The lowest BCUT2D eigenvalue weighted by atomic mass is 10.0. The van der Waals surface area contributed by atoms with Gasteiger partial charge in [-0.3, -0.25) is 0 Å². The van der Waals surface area contributed by atoms with Gasteiger partial charge in [-0.15, -0.1) is 0 Å². The van der Waals surface area contributed by atoms with Crippen molar-refractivity contribution in [3.05, 3.63) is 80.6 Å². The van der Waals surface area contributed by atoms with Crippen LogP contribution in [0.25, 0.3) is 21.7 Å². The maximum Gasteiger partial charge on any atom is 0.344 e. The zero-order chi connectivity index (χ0) is 18.5. The molecule has 6 heteroatoms. The molecule has 0 amide bonds. The van der Waals surface area contributed by atoms with Gasteiger partial charge in [0, 0.05) is 10.4 Å². The van der Waals surface area contributed by atoms with Gasteiger partial charge in [-0.1, -0.05) is 41.4 Å². The van der Waals surface area contributed by atoms with Gasteiger partial charge in [0.2, 0.25) is 0 Å². The Balaban J connectivity index is 1.70. The first-order valence-corrected chi connectivity index (χ1v) is 9.17. The van der Waals surface area contributed by atoms with Crippen molar-refractivity contribution >= 4 is 50.6 Å². The van der Waals surface area contributed by atoms with Crippen molar-refractivity contribution in [3.63, 3.8) is 0 Å². The molecule has 0 saturated carbocycles. The second-order valence-electron chi connectivity index (χ2n) is 6.42. The first kappa shape index (κ1) is 16.5. The molecule has 0 radical (unpaired) electrons. The Morgan fingerprint density at radius 1 is 0.926 bits per heavy atom. The van der Waals surface area contributed by atoms with Crippen LogP contribution in [0.3, 0.4) is 0 Å². The monoisotopic (exact) mass is 397 g/mol. The molecule has 0 N–H and O–H groups in total. The van der Waals surface area contributed by atoms with Gasteiger partial charge in [0.05, 0.1) is 28.2 Å². The first-order valence-electron chi connectivity index (χ1n) is 8.42. The largest absolute Gasteiger partial charge is 0.473 e. The van der Waals surface area contributed by atoms with E-state index in [1.165, 1.54) is 0 Å². The van der Waals surface area contributed by atoms with Crippen LogP contribution < -0.4 is 15.3 Å². The summed E-state index contributed by atoms with van der Waals surface area (Å²) in [6.45, 7) is 0.854. The molecule has 1 aliphatic rings. The third-order valence-electron chi connectivity index (χ3n) is 4.82. The predicted molar refractivity (Wildman–Crippen MR) is 108 cm³/mol. The minimum absolute atomic E-state index is 0.345. The van der Waals surface area contributed by atoms with E-state index in [1.54, 1.807) is 18.2 Å². The fourth-order valence-corrected chi connectivity index (χ4v) is 4.07. The van der Waals surface area contributed by atoms with Crippen LogP contribution in [-0.2, 0) is 6.54 Å². The Morgan fingerprint density at radius 3 is 2.56 bits per heavy atom. The predicted octanol–water partition coefficient (Wildman–Crippen LogP) is 5.61. The van der Waals surface area contributed by atoms with Crippen LogP contribution in [0.4, 0.5) is 5.69 Å². The highest BCUT2D eigenvalue weighted by Gasteiger charge is 2.24. The van der Waals surface area contributed by atoms with Crippen LogP contribution >= 0.6 is 23.2 Å². The molecule has 0 unspecified atom stereocenters. The van der Waals surface area contributed by atoms with Crippen molar-refractivity contribution in [3.8, 4) is 5.75 Å². The van der Waals surface area contributed by atoms with Crippen molar-refractivity contribution in [2.45, 2.75) is 6.54 Å². The van der Waals surface area contributed by atoms with Gasteiger partial charge in [-0.2, -0.15) is 0 Å². The smallest absolute Gasteiger partial charge is 0.344 e. The van der Waals surface area contributed by atoms with E-state index in [9.17, 15) is 4.79 Å². The lowest BCUT2D eigenvalue weighted by Gasteiger charge is -2.31. The van der Waals surface area contributed by atoms with E-state index >= 15 is 0 Å². The summed E-state index contributed by atoms with van der Waals surface area (Å²) < 4.78 is 11.6. The van der Waals surface area contributed by atoms with E-state index in [1.807, 2.05) is 41.3 Å². The van der Waals surface area contributed by atoms with Gasteiger partial charge >= 0.3 is 5.63 Å². The average Bonchev–Trinajstić information content (AvgIpc) is 2.68. The SMILES string of the molecule is O=c1oc2c3c(ccc2c2ccccc12)OCN(c1ccc(Cl)cc1Cl)C3.